The van der Waals surface area contributed by atoms with Crippen molar-refractivity contribution < 1.29 is 17.9 Å². The van der Waals surface area contributed by atoms with Crippen LogP contribution in [0, 0.1) is 0 Å². The Labute approximate surface area is 145 Å². The summed E-state index contributed by atoms with van der Waals surface area (Å²) in [6.45, 7) is 0.599. The Morgan fingerprint density at radius 3 is 2.64 bits per heavy atom. The normalized spacial score (nSPS) is 10.9. The van der Waals surface area contributed by atoms with E-state index in [9.17, 15) is 13.2 Å². The van der Waals surface area contributed by atoms with Crippen LogP contribution in [0.4, 0.5) is 10.5 Å². The van der Waals surface area contributed by atoms with Gasteiger partial charge in [0.2, 0.25) is 10.0 Å². The number of aromatic nitrogens is 2. The third-order valence-electron chi connectivity index (χ3n) is 2.85. The van der Waals surface area contributed by atoms with Gasteiger partial charge in [-0.15, -0.1) is 0 Å². The SMILES string of the molecule is CS(=O)(=O)NCCCNC(=O)Nc1cccc(Oc2ncccn2)c1. The van der Waals surface area contributed by atoms with Crippen LogP contribution in [0.5, 0.6) is 11.8 Å². The largest absolute Gasteiger partial charge is 0.424 e. The van der Waals surface area contributed by atoms with E-state index in [4.69, 9.17) is 4.74 Å². The van der Waals surface area contributed by atoms with E-state index >= 15 is 0 Å². The standard InChI is InChI=1S/C15H19N5O4S/c1-25(22,23)19-10-4-7-16-14(21)20-12-5-2-6-13(11-12)24-15-17-8-3-9-18-15/h2-3,5-6,8-9,11,19H,4,7,10H2,1H3,(H2,16,20,21). The predicted molar refractivity (Wildman–Crippen MR) is 93.0 cm³/mol. The summed E-state index contributed by atoms with van der Waals surface area (Å²) in [6, 6.07) is 8.29. The number of rotatable bonds is 8. The van der Waals surface area contributed by atoms with Gasteiger partial charge in [0.05, 0.1) is 6.26 Å². The molecule has 0 unspecified atom stereocenters. The maximum atomic E-state index is 11.8. The van der Waals surface area contributed by atoms with Crippen LogP contribution in [0.25, 0.3) is 0 Å². The van der Waals surface area contributed by atoms with Crippen LogP contribution in [-0.2, 0) is 10.0 Å². The first-order chi connectivity index (χ1) is 11.9. The van der Waals surface area contributed by atoms with E-state index in [1.165, 1.54) is 0 Å². The second-order valence-electron chi connectivity index (χ2n) is 5.06. The summed E-state index contributed by atoms with van der Waals surface area (Å²) >= 11 is 0. The van der Waals surface area contributed by atoms with Gasteiger partial charge >= 0.3 is 12.0 Å². The van der Waals surface area contributed by atoms with Crippen LogP contribution in [0.2, 0.25) is 0 Å². The zero-order valence-electron chi connectivity index (χ0n) is 13.6. The van der Waals surface area contributed by atoms with Crippen molar-refractivity contribution in [1.82, 2.24) is 20.0 Å². The minimum Gasteiger partial charge on any atom is -0.424 e. The van der Waals surface area contributed by atoms with Crippen LogP contribution >= 0.6 is 0 Å². The molecule has 1 aromatic carbocycles. The van der Waals surface area contributed by atoms with Crippen molar-refractivity contribution in [3.05, 3.63) is 42.7 Å². The average Bonchev–Trinajstić information content (AvgIpc) is 2.55. The number of anilines is 1. The van der Waals surface area contributed by atoms with E-state index in [0.29, 0.717) is 24.4 Å². The highest BCUT2D eigenvalue weighted by atomic mass is 32.2. The van der Waals surface area contributed by atoms with Crippen molar-refractivity contribution in [2.24, 2.45) is 0 Å². The smallest absolute Gasteiger partial charge is 0.321 e. The van der Waals surface area contributed by atoms with E-state index in [1.807, 2.05) is 0 Å². The molecule has 0 radical (unpaired) electrons. The molecule has 3 N–H and O–H groups in total. The fourth-order valence-electron chi connectivity index (χ4n) is 1.80. The predicted octanol–water partition coefficient (Wildman–Crippen LogP) is 1.33. The summed E-state index contributed by atoms with van der Waals surface area (Å²) in [5.41, 5.74) is 0.542. The number of carbonyl (C=O) groups excluding carboxylic acids is 1. The molecule has 0 fully saturated rings. The Hall–Kier alpha value is -2.72. The Morgan fingerprint density at radius 1 is 1.16 bits per heavy atom. The number of benzene rings is 1. The van der Waals surface area contributed by atoms with E-state index in [-0.39, 0.29) is 12.6 Å². The van der Waals surface area contributed by atoms with Crippen molar-refractivity contribution in [3.63, 3.8) is 0 Å². The minimum absolute atomic E-state index is 0.211. The van der Waals surface area contributed by atoms with Gasteiger partial charge in [0.1, 0.15) is 5.75 Å². The molecule has 134 valence electrons. The first kappa shape index (κ1) is 18.6. The lowest BCUT2D eigenvalue weighted by Crippen LogP contribution is -2.32. The van der Waals surface area contributed by atoms with Gasteiger partial charge in [0.15, 0.2) is 0 Å². The van der Waals surface area contributed by atoms with Crippen molar-refractivity contribution in [2.45, 2.75) is 6.42 Å². The maximum absolute atomic E-state index is 11.8. The lowest BCUT2D eigenvalue weighted by molar-refractivity contribution is 0.252. The van der Waals surface area contributed by atoms with Crippen LogP contribution in [0.1, 0.15) is 6.42 Å². The molecule has 0 aliphatic carbocycles. The Bertz CT molecular complexity index is 799. The van der Waals surface area contributed by atoms with Gasteiger partial charge < -0.3 is 15.4 Å². The van der Waals surface area contributed by atoms with E-state index in [2.05, 4.69) is 25.3 Å². The van der Waals surface area contributed by atoms with Crippen molar-refractivity contribution in [1.29, 1.82) is 0 Å². The first-order valence-electron chi connectivity index (χ1n) is 7.47. The van der Waals surface area contributed by atoms with E-state index in [1.54, 1.807) is 42.7 Å². The topological polar surface area (TPSA) is 122 Å². The molecule has 1 aromatic heterocycles. The molecule has 2 aromatic rings. The molecule has 0 saturated carbocycles. The Morgan fingerprint density at radius 2 is 1.92 bits per heavy atom. The van der Waals surface area contributed by atoms with Crippen LogP contribution in [0.15, 0.2) is 42.7 Å². The average molecular weight is 365 g/mol. The van der Waals surface area contributed by atoms with Gasteiger partial charge in [-0.3, -0.25) is 0 Å². The molecule has 2 amide bonds. The van der Waals surface area contributed by atoms with Crippen LogP contribution < -0.4 is 20.1 Å². The molecule has 1 heterocycles. The fourth-order valence-corrected chi connectivity index (χ4v) is 2.32. The quantitative estimate of drug-likeness (QED) is 0.607. The number of carbonyl (C=O) groups is 1. The first-order valence-corrected chi connectivity index (χ1v) is 9.36. The lowest BCUT2D eigenvalue weighted by atomic mass is 10.3. The third-order valence-corrected chi connectivity index (χ3v) is 3.57. The molecule has 0 spiro atoms. The second-order valence-corrected chi connectivity index (χ2v) is 6.90. The highest BCUT2D eigenvalue weighted by Gasteiger charge is 2.05. The molecule has 0 saturated heterocycles. The van der Waals surface area contributed by atoms with Gasteiger partial charge in [-0.25, -0.2) is 27.9 Å². The molecule has 25 heavy (non-hydrogen) atoms. The zero-order chi connectivity index (χ0) is 18.1. The molecular formula is C15H19N5O4S. The van der Waals surface area contributed by atoms with E-state index in [0.717, 1.165) is 6.26 Å². The molecule has 0 aliphatic heterocycles. The van der Waals surface area contributed by atoms with Gasteiger partial charge in [0, 0.05) is 37.2 Å². The highest BCUT2D eigenvalue weighted by molar-refractivity contribution is 7.88. The monoisotopic (exact) mass is 365 g/mol. The van der Waals surface area contributed by atoms with Crippen molar-refractivity contribution >= 4 is 21.7 Å². The minimum atomic E-state index is -3.21. The van der Waals surface area contributed by atoms with Crippen LogP contribution in [0.3, 0.4) is 0 Å². The van der Waals surface area contributed by atoms with E-state index < -0.39 is 16.1 Å². The number of hydrogen-bond acceptors (Lipinski definition) is 6. The van der Waals surface area contributed by atoms with Crippen molar-refractivity contribution in [3.8, 4) is 11.8 Å². The summed E-state index contributed by atoms with van der Waals surface area (Å²) in [6.07, 6.45) is 4.70. The number of nitrogens with zero attached hydrogens (tertiary/aromatic N) is 2. The molecular weight excluding hydrogens is 346 g/mol. The summed E-state index contributed by atoms with van der Waals surface area (Å²) in [4.78, 5) is 19.7. The number of hydrogen-bond donors (Lipinski definition) is 3. The zero-order valence-corrected chi connectivity index (χ0v) is 14.4. The number of ether oxygens (including phenoxy) is 1. The Balaban J connectivity index is 1.78. The molecule has 9 nitrogen and oxygen atoms in total. The fraction of sp³-hybridized carbons (Fsp3) is 0.267. The summed E-state index contributed by atoms with van der Waals surface area (Å²) in [5, 5.41) is 5.30. The van der Waals surface area contributed by atoms with Gasteiger partial charge in [-0.05, 0) is 24.6 Å². The summed E-state index contributed by atoms with van der Waals surface area (Å²) < 4.78 is 29.6. The number of amides is 2. The van der Waals surface area contributed by atoms with Gasteiger partial charge in [-0.2, -0.15) is 0 Å². The highest BCUT2D eigenvalue weighted by Crippen LogP contribution is 2.21. The Kier molecular flexibility index (Phi) is 6.66. The van der Waals surface area contributed by atoms with Gasteiger partial charge in [0.25, 0.3) is 0 Å². The summed E-state index contributed by atoms with van der Waals surface area (Å²) in [5.74, 6) is 0.487. The second kappa shape index (κ2) is 8.94. The van der Waals surface area contributed by atoms with Crippen molar-refractivity contribution in [2.75, 3.05) is 24.7 Å². The molecule has 0 atom stereocenters. The molecule has 10 heteroatoms. The van der Waals surface area contributed by atoms with Gasteiger partial charge in [-0.1, -0.05) is 6.07 Å². The maximum Gasteiger partial charge on any atom is 0.321 e. The number of sulfonamides is 1. The summed E-state index contributed by atoms with van der Waals surface area (Å²) in [7, 11) is -3.21. The molecule has 0 bridgehead atoms. The van der Waals surface area contributed by atoms with Crippen LogP contribution in [-0.4, -0.2) is 43.8 Å². The lowest BCUT2D eigenvalue weighted by Gasteiger charge is -2.09. The number of urea groups is 1. The third kappa shape index (κ3) is 7.59. The molecule has 0 aliphatic rings. The molecule has 2 rings (SSSR count). The number of nitrogens with one attached hydrogen (secondary N) is 3.